The molecular formula is C10H22N2O2. The van der Waals surface area contributed by atoms with Crippen LogP contribution in [-0.2, 0) is 9.47 Å². The highest BCUT2D eigenvalue weighted by atomic mass is 16.5. The fourth-order valence-electron chi connectivity index (χ4n) is 1.61. The van der Waals surface area contributed by atoms with Crippen molar-refractivity contribution in [3.05, 3.63) is 0 Å². The second-order valence-electron chi connectivity index (χ2n) is 3.74. The lowest BCUT2D eigenvalue weighted by Gasteiger charge is -2.22. The van der Waals surface area contributed by atoms with Gasteiger partial charge >= 0.3 is 0 Å². The molecule has 1 unspecified atom stereocenters. The third-order valence-corrected chi connectivity index (χ3v) is 2.65. The molecule has 0 aliphatic carbocycles. The van der Waals surface area contributed by atoms with Crippen LogP contribution in [0.15, 0.2) is 0 Å². The van der Waals surface area contributed by atoms with E-state index in [0.717, 1.165) is 39.5 Å². The number of methoxy groups -OCH3 is 1. The minimum atomic E-state index is 0.624. The molecule has 14 heavy (non-hydrogen) atoms. The Bertz CT molecular complexity index is 138. The molecule has 1 aliphatic heterocycles. The van der Waals surface area contributed by atoms with Crippen LogP contribution in [0.4, 0.5) is 0 Å². The zero-order chi connectivity index (χ0) is 10.2. The van der Waals surface area contributed by atoms with Crippen molar-refractivity contribution in [3.63, 3.8) is 0 Å². The summed E-state index contributed by atoms with van der Waals surface area (Å²) in [6, 6.07) is 0.624. The van der Waals surface area contributed by atoms with E-state index in [2.05, 4.69) is 17.3 Å². The second kappa shape index (κ2) is 7.17. The van der Waals surface area contributed by atoms with Crippen LogP contribution in [0.3, 0.4) is 0 Å². The van der Waals surface area contributed by atoms with Crippen LogP contribution < -0.4 is 5.32 Å². The Kier molecular flexibility index (Phi) is 6.10. The molecule has 4 nitrogen and oxygen atoms in total. The van der Waals surface area contributed by atoms with E-state index in [-0.39, 0.29) is 0 Å². The van der Waals surface area contributed by atoms with Crippen LogP contribution in [0, 0.1) is 0 Å². The van der Waals surface area contributed by atoms with Crippen molar-refractivity contribution in [1.82, 2.24) is 10.2 Å². The minimum absolute atomic E-state index is 0.624. The van der Waals surface area contributed by atoms with Crippen molar-refractivity contribution >= 4 is 0 Å². The second-order valence-corrected chi connectivity index (χ2v) is 3.74. The lowest BCUT2D eigenvalue weighted by Crippen LogP contribution is -2.37. The fourth-order valence-corrected chi connectivity index (χ4v) is 1.61. The maximum atomic E-state index is 5.34. The highest BCUT2D eigenvalue weighted by Crippen LogP contribution is 2.09. The molecule has 4 heteroatoms. The van der Waals surface area contributed by atoms with Gasteiger partial charge in [-0.05, 0) is 13.5 Å². The van der Waals surface area contributed by atoms with Crippen LogP contribution >= 0.6 is 0 Å². The zero-order valence-electron chi connectivity index (χ0n) is 9.29. The van der Waals surface area contributed by atoms with Gasteiger partial charge in [0.05, 0.1) is 13.2 Å². The van der Waals surface area contributed by atoms with Crippen molar-refractivity contribution in [2.45, 2.75) is 12.5 Å². The maximum Gasteiger partial charge on any atom is 0.0622 e. The molecule has 1 heterocycles. The molecule has 0 radical (unpaired) electrons. The van der Waals surface area contributed by atoms with Gasteiger partial charge in [-0.15, -0.1) is 0 Å². The third kappa shape index (κ3) is 4.37. The summed E-state index contributed by atoms with van der Waals surface area (Å²) >= 11 is 0. The summed E-state index contributed by atoms with van der Waals surface area (Å²) in [4.78, 5) is 2.37. The normalized spacial score (nSPS) is 22.1. The number of hydrogen-bond donors (Lipinski definition) is 1. The number of likely N-dealkylation sites (N-methyl/N-ethyl adjacent to an activating group) is 1. The van der Waals surface area contributed by atoms with Crippen molar-refractivity contribution in [2.75, 3.05) is 53.6 Å². The first-order chi connectivity index (χ1) is 6.84. The Labute approximate surface area is 86.6 Å². The predicted octanol–water partition coefficient (Wildman–Crippen LogP) is -0.0569. The van der Waals surface area contributed by atoms with Crippen molar-refractivity contribution in [1.29, 1.82) is 0 Å². The van der Waals surface area contributed by atoms with E-state index >= 15 is 0 Å². The van der Waals surface area contributed by atoms with Crippen LogP contribution in [-0.4, -0.2) is 64.6 Å². The van der Waals surface area contributed by atoms with Gasteiger partial charge in [-0.3, -0.25) is 4.90 Å². The largest absolute Gasteiger partial charge is 0.383 e. The molecule has 1 fully saturated rings. The van der Waals surface area contributed by atoms with E-state index in [4.69, 9.17) is 9.47 Å². The van der Waals surface area contributed by atoms with E-state index in [9.17, 15) is 0 Å². The van der Waals surface area contributed by atoms with Crippen LogP contribution in [0.5, 0.6) is 0 Å². The van der Waals surface area contributed by atoms with Gasteiger partial charge in [0.15, 0.2) is 0 Å². The van der Waals surface area contributed by atoms with Gasteiger partial charge in [-0.2, -0.15) is 0 Å². The molecule has 1 N–H and O–H groups in total. The summed E-state index contributed by atoms with van der Waals surface area (Å²) in [5.74, 6) is 0. The van der Waals surface area contributed by atoms with Gasteiger partial charge in [-0.1, -0.05) is 0 Å². The summed E-state index contributed by atoms with van der Waals surface area (Å²) in [7, 11) is 3.89. The summed E-state index contributed by atoms with van der Waals surface area (Å²) in [5, 5.41) is 3.33. The number of ether oxygens (including phenoxy) is 2. The quantitative estimate of drug-likeness (QED) is 0.587. The minimum Gasteiger partial charge on any atom is -0.383 e. The summed E-state index contributed by atoms with van der Waals surface area (Å²) < 4.78 is 10.3. The molecule has 0 spiro atoms. The Morgan fingerprint density at radius 2 is 2.36 bits per heavy atom. The molecule has 0 aromatic heterocycles. The van der Waals surface area contributed by atoms with E-state index < -0.39 is 0 Å². The molecule has 0 amide bonds. The average Bonchev–Trinajstić information content (AvgIpc) is 2.70. The summed E-state index contributed by atoms with van der Waals surface area (Å²) in [5.41, 5.74) is 0. The maximum absolute atomic E-state index is 5.34. The average molecular weight is 202 g/mol. The third-order valence-electron chi connectivity index (χ3n) is 2.65. The number of nitrogens with zero attached hydrogens (tertiary/aromatic N) is 1. The SMILES string of the molecule is COCCNCCN(C)C1CCOC1. The summed E-state index contributed by atoms with van der Waals surface area (Å²) in [6.07, 6.45) is 1.18. The molecule has 0 saturated carbocycles. The molecule has 1 atom stereocenters. The van der Waals surface area contributed by atoms with Crippen LogP contribution in [0.1, 0.15) is 6.42 Å². The molecular weight excluding hydrogens is 180 g/mol. The van der Waals surface area contributed by atoms with E-state index in [1.165, 1.54) is 6.42 Å². The molecule has 0 aromatic carbocycles. The molecule has 84 valence electrons. The van der Waals surface area contributed by atoms with Gasteiger partial charge in [-0.25, -0.2) is 0 Å². The smallest absolute Gasteiger partial charge is 0.0622 e. The van der Waals surface area contributed by atoms with Crippen molar-refractivity contribution in [2.24, 2.45) is 0 Å². The topological polar surface area (TPSA) is 33.7 Å². The zero-order valence-corrected chi connectivity index (χ0v) is 9.29. The lowest BCUT2D eigenvalue weighted by molar-refractivity contribution is 0.158. The molecule has 1 rings (SSSR count). The Morgan fingerprint density at radius 3 is 3.00 bits per heavy atom. The molecule has 0 bridgehead atoms. The first-order valence-corrected chi connectivity index (χ1v) is 5.32. The highest BCUT2D eigenvalue weighted by molar-refractivity contribution is 4.73. The van der Waals surface area contributed by atoms with Gasteiger partial charge in [0.1, 0.15) is 0 Å². The van der Waals surface area contributed by atoms with E-state index in [1.807, 2.05) is 0 Å². The van der Waals surface area contributed by atoms with E-state index in [1.54, 1.807) is 7.11 Å². The number of hydrogen-bond acceptors (Lipinski definition) is 4. The molecule has 1 aliphatic rings. The van der Waals surface area contributed by atoms with Crippen LogP contribution in [0.25, 0.3) is 0 Å². The first kappa shape index (κ1) is 11.9. The lowest BCUT2D eigenvalue weighted by atomic mass is 10.2. The van der Waals surface area contributed by atoms with Gasteiger partial charge in [0, 0.05) is 39.4 Å². The standard InChI is InChI=1S/C10H22N2O2/c1-12(10-3-7-14-9-10)6-4-11-5-8-13-2/h10-11H,3-9H2,1-2H3. The van der Waals surface area contributed by atoms with Gasteiger partial charge in [0.2, 0.25) is 0 Å². The number of rotatable bonds is 7. The molecule has 0 aromatic rings. The Morgan fingerprint density at radius 1 is 1.50 bits per heavy atom. The summed E-state index contributed by atoms with van der Waals surface area (Å²) in [6.45, 7) is 5.65. The Balaban J connectivity index is 1.94. The van der Waals surface area contributed by atoms with Crippen LogP contribution in [0.2, 0.25) is 0 Å². The van der Waals surface area contributed by atoms with E-state index in [0.29, 0.717) is 6.04 Å². The van der Waals surface area contributed by atoms with Gasteiger partial charge < -0.3 is 14.8 Å². The monoisotopic (exact) mass is 202 g/mol. The first-order valence-electron chi connectivity index (χ1n) is 5.32. The van der Waals surface area contributed by atoms with Crippen molar-refractivity contribution in [3.8, 4) is 0 Å². The predicted molar refractivity (Wildman–Crippen MR) is 56.6 cm³/mol. The van der Waals surface area contributed by atoms with Gasteiger partial charge in [0.25, 0.3) is 0 Å². The highest BCUT2D eigenvalue weighted by Gasteiger charge is 2.19. The van der Waals surface area contributed by atoms with Crippen molar-refractivity contribution < 1.29 is 9.47 Å². The molecule has 1 saturated heterocycles. The fraction of sp³-hybridized carbons (Fsp3) is 1.00. The Hall–Kier alpha value is -0.160. The number of nitrogens with one attached hydrogen (secondary N) is 1.